The summed E-state index contributed by atoms with van der Waals surface area (Å²) < 4.78 is 22.8. The zero-order valence-electron chi connectivity index (χ0n) is 34.0. The summed E-state index contributed by atoms with van der Waals surface area (Å²) >= 11 is 6.59. The van der Waals surface area contributed by atoms with Crippen LogP contribution in [-0.4, -0.2) is 106 Å². The number of carbonyl (C=O) groups excluding carboxylic acids is 4. The first-order valence-electron chi connectivity index (χ1n) is 20.7. The minimum atomic E-state index is -0.738. The van der Waals surface area contributed by atoms with Gasteiger partial charge >= 0.3 is 0 Å². The van der Waals surface area contributed by atoms with Crippen molar-refractivity contribution in [2.75, 3.05) is 67.5 Å². The topological polar surface area (TPSA) is 162 Å². The third-order valence-corrected chi connectivity index (χ3v) is 12.3. The number of ketones is 1. The molecule has 3 saturated heterocycles. The van der Waals surface area contributed by atoms with Gasteiger partial charge in [-0.1, -0.05) is 18.5 Å². The number of halogens is 2. The van der Waals surface area contributed by atoms with Crippen LogP contribution in [0.2, 0.25) is 5.02 Å². The number of hydrogen-bond donors (Lipinski definition) is 2. The summed E-state index contributed by atoms with van der Waals surface area (Å²) in [7, 11) is 0. The molecule has 1 unspecified atom stereocenters. The van der Waals surface area contributed by atoms with Crippen LogP contribution < -0.4 is 30.7 Å². The maximum absolute atomic E-state index is 15.5. The number of rotatable bonds is 12. The van der Waals surface area contributed by atoms with Crippen molar-refractivity contribution in [3.8, 4) is 5.75 Å². The molecule has 2 aromatic heterocycles. The molecule has 2 N–H and O–H groups in total. The lowest BCUT2D eigenvalue weighted by Gasteiger charge is -2.39. The van der Waals surface area contributed by atoms with Gasteiger partial charge in [0.1, 0.15) is 23.5 Å². The Labute approximate surface area is 351 Å². The molecular formula is C43H49ClFN9O6. The fourth-order valence-corrected chi connectivity index (χ4v) is 8.82. The highest BCUT2D eigenvalue weighted by Crippen LogP contribution is 2.35. The molecule has 8 rings (SSSR count). The van der Waals surface area contributed by atoms with E-state index >= 15 is 4.39 Å². The number of pyridine rings is 1. The van der Waals surface area contributed by atoms with Gasteiger partial charge in [0, 0.05) is 87.9 Å². The average Bonchev–Trinajstić information content (AvgIpc) is 3.54. The zero-order chi connectivity index (χ0) is 42.2. The van der Waals surface area contributed by atoms with Crippen LogP contribution in [0.1, 0.15) is 74.8 Å². The molecule has 4 aliphatic rings. The van der Waals surface area contributed by atoms with E-state index in [0.29, 0.717) is 59.2 Å². The number of amides is 3. The molecule has 3 amide bonds. The van der Waals surface area contributed by atoms with Crippen molar-refractivity contribution in [2.45, 2.75) is 71.5 Å². The van der Waals surface area contributed by atoms with Crippen molar-refractivity contribution in [3.05, 3.63) is 74.9 Å². The van der Waals surface area contributed by atoms with Crippen molar-refractivity contribution < 1.29 is 28.3 Å². The quantitative estimate of drug-likeness (QED) is 0.183. The summed E-state index contributed by atoms with van der Waals surface area (Å²) in [6.07, 6.45) is 4.16. The lowest BCUT2D eigenvalue weighted by atomic mass is 9.95. The van der Waals surface area contributed by atoms with E-state index in [9.17, 15) is 24.0 Å². The highest BCUT2D eigenvalue weighted by atomic mass is 35.5. The minimum Gasteiger partial charge on any atom is -0.480 e. The van der Waals surface area contributed by atoms with E-state index in [2.05, 4.69) is 30.3 Å². The molecule has 0 saturated carbocycles. The van der Waals surface area contributed by atoms with E-state index in [0.717, 1.165) is 56.5 Å². The van der Waals surface area contributed by atoms with Crippen molar-refractivity contribution in [1.29, 1.82) is 0 Å². The normalized spacial score (nSPS) is 19.0. The predicted molar refractivity (Wildman–Crippen MR) is 226 cm³/mol. The van der Waals surface area contributed by atoms with E-state index in [-0.39, 0.29) is 66.5 Å². The van der Waals surface area contributed by atoms with Gasteiger partial charge in [-0.15, -0.1) is 0 Å². The Morgan fingerprint density at radius 2 is 1.77 bits per heavy atom. The number of piperazine rings is 1. The molecule has 4 aliphatic heterocycles. The molecule has 6 heterocycles. The van der Waals surface area contributed by atoms with Crippen LogP contribution in [0, 0.1) is 11.7 Å². The van der Waals surface area contributed by atoms with Gasteiger partial charge in [-0.2, -0.15) is 4.98 Å². The van der Waals surface area contributed by atoms with Gasteiger partial charge in [-0.25, -0.2) is 9.37 Å². The van der Waals surface area contributed by atoms with E-state index in [1.54, 1.807) is 29.8 Å². The van der Waals surface area contributed by atoms with Crippen LogP contribution >= 0.6 is 11.6 Å². The molecular weight excluding hydrogens is 793 g/mol. The van der Waals surface area contributed by atoms with E-state index < -0.39 is 17.8 Å². The van der Waals surface area contributed by atoms with Gasteiger partial charge < -0.3 is 29.3 Å². The summed E-state index contributed by atoms with van der Waals surface area (Å²) in [5, 5.41) is 6.76. The van der Waals surface area contributed by atoms with Gasteiger partial charge in [-0.05, 0) is 81.0 Å². The second-order valence-electron chi connectivity index (χ2n) is 16.3. The molecule has 0 spiro atoms. The van der Waals surface area contributed by atoms with Crippen LogP contribution in [0.5, 0.6) is 5.75 Å². The summed E-state index contributed by atoms with van der Waals surface area (Å²) in [6, 6.07) is 9.48. The Bertz CT molecular complexity index is 2410. The average molecular weight is 842 g/mol. The van der Waals surface area contributed by atoms with Gasteiger partial charge in [0.2, 0.25) is 17.8 Å². The molecule has 316 valence electrons. The third-order valence-electron chi connectivity index (χ3n) is 12.0. The zero-order valence-corrected chi connectivity index (χ0v) is 34.8. The summed E-state index contributed by atoms with van der Waals surface area (Å²) in [5.41, 5.74) is 2.61. The maximum Gasteiger partial charge on any atom is 0.293 e. The maximum atomic E-state index is 15.5. The third kappa shape index (κ3) is 8.39. The Morgan fingerprint density at radius 1 is 1.00 bits per heavy atom. The largest absolute Gasteiger partial charge is 0.480 e. The predicted octanol–water partition coefficient (Wildman–Crippen LogP) is 5.07. The lowest BCUT2D eigenvalue weighted by molar-refractivity contribution is -0.137. The first-order valence-corrected chi connectivity index (χ1v) is 21.1. The molecule has 0 aliphatic carbocycles. The number of hydrogen-bond acceptors (Lipinski definition) is 12. The Balaban J connectivity index is 0.856. The van der Waals surface area contributed by atoms with Crippen LogP contribution in [0.15, 0.2) is 47.4 Å². The van der Waals surface area contributed by atoms with Crippen molar-refractivity contribution in [2.24, 2.45) is 5.92 Å². The van der Waals surface area contributed by atoms with Gasteiger partial charge in [0.15, 0.2) is 17.4 Å². The van der Waals surface area contributed by atoms with E-state index in [4.69, 9.17) is 21.3 Å². The fourth-order valence-electron chi connectivity index (χ4n) is 8.68. The second-order valence-corrected chi connectivity index (χ2v) is 16.7. The number of carbonyl (C=O) groups is 4. The molecule has 0 radical (unpaired) electrons. The van der Waals surface area contributed by atoms with E-state index in [1.807, 2.05) is 32.0 Å². The molecule has 4 aromatic rings. The molecule has 2 aromatic carbocycles. The number of nitrogens with zero attached hydrogens (tertiary/aromatic N) is 7. The number of fused-ring (bicyclic) bond motifs is 2. The number of piperidine rings is 2. The highest BCUT2D eigenvalue weighted by molar-refractivity contribution is 6.33. The van der Waals surface area contributed by atoms with Gasteiger partial charge in [0.05, 0.1) is 17.4 Å². The number of anilines is 4. The molecule has 0 bridgehead atoms. The van der Waals surface area contributed by atoms with Crippen molar-refractivity contribution in [1.82, 2.24) is 29.7 Å². The van der Waals surface area contributed by atoms with Crippen molar-refractivity contribution in [3.63, 3.8) is 0 Å². The van der Waals surface area contributed by atoms with Gasteiger partial charge in [0.25, 0.3) is 11.5 Å². The van der Waals surface area contributed by atoms with Crippen LogP contribution in [0.25, 0.3) is 10.9 Å². The Hall–Kier alpha value is -5.61. The Kier molecular flexibility index (Phi) is 11.8. The number of Topliss-reactive ketones (excluding diaryl/α,β-unsaturated/α-hetero) is 1. The summed E-state index contributed by atoms with van der Waals surface area (Å²) in [5.74, 6) is -0.147. The van der Waals surface area contributed by atoms with Crippen LogP contribution in [-0.2, 0) is 20.9 Å². The number of nitrogens with one attached hydrogen (secondary N) is 2. The van der Waals surface area contributed by atoms with Crippen LogP contribution in [0.3, 0.4) is 0 Å². The smallest absolute Gasteiger partial charge is 0.293 e. The number of benzene rings is 2. The number of ether oxygens (including phenoxy) is 1. The van der Waals surface area contributed by atoms with Crippen molar-refractivity contribution >= 4 is 69.1 Å². The first-order chi connectivity index (χ1) is 28.9. The standard InChI is InChI=1S/C43H49ClFN9O6/c1-4-30(55)24-60-37-19-27-17-29(5-6-34(27)54(25(2)3)42(37)59)47-39-32(44)21-46-43(49-39)52-15-13-50(14-16-52)22-26-9-11-51(12-10-26)36-18-28-23-53(41(58)31(28)20-33(36)45)35-7-8-38(56)48-40(35)57/h5-6,17-21,25-26,35H,4,7-16,22-24H2,1-3H3,(H,46,47,49)(H,48,56,57). The van der Waals surface area contributed by atoms with Gasteiger partial charge in [-0.3, -0.25) is 34.2 Å². The molecule has 15 nitrogen and oxygen atoms in total. The molecule has 17 heteroatoms. The minimum absolute atomic E-state index is 0.0923. The SMILES string of the molecule is CCC(=O)COc1cc2cc(Nc3nc(N4CCN(CC5CCN(c6cc7c(cc6F)C(=O)N(C6CCC(=O)NC6=O)C7)CC5)CC4)ncc3Cl)ccc2n(C(C)C)c1=O. The van der Waals surface area contributed by atoms with E-state index in [1.165, 1.54) is 11.0 Å². The van der Waals surface area contributed by atoms with Crippen LogP contribution in [0.4, 0.5) is 27.5 Å². The molecule has 3 fully saturated rings. The highest BCUT2D eigenvalue weighted by Gasteiger charge is 2.40. The lowest BCUT2D eigenvalue weighted by Crippen LogP contribution is -2.52. The number of aromatic nitrogens is 3. The second kappa shape index (κ2) is 17.2. The fraction of sp³-hybridized carbons (Fsp3) is 0.465. The molecule has 60 heavy (non-hydrogen) atoms. The summed E-state index contributed by atoms with van der Waals surface area (Å²) in [4.78, 5) is 79.9. The first kappa shape index (κ1) is 41.1. The number of imide groups is 1. The summed E-state index contributed by atoms with van der Waals surface area (Å²) in [6.45, 7) is 11.1. The molecule has 1 atom stereocenters. The Morgan fingerprint density at radius 3 is 2.48 bits per heavy atom. The monoisotopic (exact) mass is 841 g/mol.